The van der Waals surface area contributed by atoms with E-state index in [1.807, 2.05) is 13.0 Å². The van der Waals surface area contributed by atoms with Gasteiger partial charge in [-0.1, -0.05) is 12.1 Å². The zero-order valence-electron chi connectivity index (χ0n) is 11.5. The molecule has 1 fully saturated rings. The Kier molecular flexibility index (Phi) is 4.23. The lowest BCUT2D eigenvalue weighted by Gasteiger charge is -2.33. The van der Waals surface area contributed by atoms with Gasteiger partial charge in [0.1, 0.15) is 5.82 Å². The van der Waals surface area contributed by atoms with Gasteiger partial charge in [0.2, 0.25) is 0 Å². The van der Waals surface area contributed by atoms with E-state index in [4.69, 9.17) is 0 Å². The van der Waals surface area contributed by atoms with Gasteiger partial charge < -0.3 is 10.2 Å². The van der Waals surface area contributed by atoms with E-state index in [1.54, 1.807) is 12.1 Å². The second-order valence-electron chi connectivity index (χ2n) is 5.44. The predicted molar refractivity (Wildman–Crippen MR) is 74.6 cm³/mol. The number of halogens is 1. The van der Waals surface area contributed by atoms with E-state index in [1.165, 1.54) is 0 Å². The van der Waals surface area contributed by atoms with Crippen molar-refractivity contribution in [2.45, 2.75) is 45.7 Å². The normalized spacial score (nSPS) is 25.7. The first kappa shape index (κ1) is 13.3. The molecule has 1 aliphatic rings. The highest BCUT2D eigenvalue weighted by Gasteiger charge is 2.19. The summed E-state index contributed by atoms with van der Waals surface area (Å²) in [5.74, 6) is -0.0937. The first-order valence-electron chi connectivity index (χ1n) is 6.84. The van der Waals surface area contributed by atoms with Crippen LogP contribution in [-0.4, -0.2) is 25.2 Å². The van der Waals surface area contributed by atoms with Crippen LogP contribution < -0.4 is 10.2 Å². The van der Waals surface area contributed by atoms with E-state index < -0.39 is 0 Å². The lowest BCUT2D eigenvalue weighted by Crippen LogP contribution is -2.43. The third kappa shape index (κ3) is 3.02. The highest BCUT2D eigenvalue weighted by atomic mass is 19.1. The summed E-state index contributed by atoms with van der Waals surface area (Å²) in [6.45, 7) is 8.23. The molecule has 0 aliphatic carbocycles. The van der Waals surface area contributed by atoms with Gasteiger partial charge in [-0.05, 0) is 45.2 Å². The molecule has 0 saturated carbocycles. The van der Waals surface area contributed by atoms with Crippen molar-refractivity contribution in [3.8, 4) is 0 Å². The summed E-state index contributed by atoms with van der Waals surface area (Å²) < 4.78 is 14.0. The average molecular weight is 250 g/mol. The van der Waals surface area contributed by atoms with E-state index >= 15 is 0 Å². The summed E-state index contributed by atoms with van der Waals surface area (Å²) >= 11 is 0. The quantitative estimate of drug-likeness (QED) is 0.824. The molecule has 1 heterocycles. The summed E-state index contributed by atoms with van der Waals surface area (Å²) in [7, 11) is 0. The Hall–Kier alpha value is -1.09. The van der Waals surface area contributed by atoms with Crippen molar-refractivity contribution in [1.29, 1.82) is 0 Å². The number of anilines is 1. The van der Waals surface area contributed by atoms with Gasteiger partial charge in [-0.15, -0.1) is 0 Å². The molecular formula is C15H23FN2. The van der Waals surface area contributed by atoms with Gasteiger partial charge in [0.25, 0.3) is 0 Å². The number of hydrogen-bond donors (Lipinski definition) is 1. The molecule has 1 aliphatic heterocycles. The minimum atomic E-state index is -0.0937. The van der Waals surface area contributed by atoms with E-state index in [-0.39, 0.29) is 5.82 Å². The SMILES string of the molecule is Cc1cccc(F)c1N1CCC(C)NC(C)CC1. The minimum Gasteiger partial charge on any atom is -0.369 e. The number of nitrogens with zero attached hydrogens (tertiary/aromatic N) is 1. The Morgan fingerprint density at radius 1 is 1.17 bits per heavy atom. The number of para-hydroxylation sites is 1. The Balaban J connectivity index is 2.20. The molecule has 2 rings (SSSR count). The van der Waals surface area contributed by atoms with E-state index in [9.17, 15) is 4.39 Å². The van der Waals surface area contributed by atoms with Gasteiger partial charge in [0, 0.05) is 25.2 Å². The molecule has 0 spiro atoms. The fraction of sp³-hybridized carbons (Fsp3) is 0.600. The second-order valence-corrected chi connectivity index (χ2v) is 5.44. The van der Waals surface area contributed by atoms with Crippen LogP contribution in [-0.2, 0) is 0 Å². The summed E-state index contributed by atoms with van der Waals surface area (Å²) in [5.41, 5.74) is 1.82. The second kappa shape index (κ2) is 5.70. The smallest absolute Gasteiger partial charge is 0.146 e. The molecule has 1 N–H and O–H groups in total. The summed E-state index contributed by atoms with van der Waals surface area (Å²) in [6, 6.07) is 6.32. The van der Waals surface area contributed by atoms with Crippen LogP contribution in [0.3, 0.4) is 0 Å². The molecule has 0 aromatic heterocycles. The van der Waals surface area contributed by atoms with Crippen molar-refractivity contribution in [2.24, 2.45) is 0 Å². The number of aryl methyl sites for hydroxylation is 1. The van der Waals surface area contributed by atoms with Crippen molar-refractivity contribution in [3.05, 3.63) is 29.6 Å². The number of nitrogens with one attached hydrogen (secondary N) is 1. The zero-order chi connectivity index (χ0) is 13.1. The van der Waals surface area contributed by atoms with Crippen LogP contribution in [0.5, 0.6) is 0 Å². The molecule has 0 radical (unpaired) electrons. The largest absolute Gasteiger partial charge is 0.369 e. The summed E-state index contributed by atoms with van der Waals surface area (Å²) in [5, 5.41) is 3.56. The van der Waals surface area contributed by atoms with E-state index in [0.717, 1.165) is 37.2 Å². The van der Waals surface area contributed by atoms with Crippen LogP contribution in [0.25, 0.3) is 0 Å². The Bertz CT molecular complexity index is 373. The third-order valence-electron chi connectivity index (χ3n) is 3.74. The van der Waals surface area contributed by atoms with Gasteiger partial charge in [-0.25, -0.2) is 4.39 Å². The molecule has 100 valence electrons. The van der Waals surface area contributed by atoms with Crippen LogP contribution in [0.4, 0.5) is 10.1 Å². The monoisotopic (exact) mass is 250 g/mol. The predicted octanol–water partition coefficient (Wildman–Crippen LogP) is 3.10. The number of benzene rings is 1. The van der Waals surface area contributed by atoms with Gasteiger partial charge >= 0.3 is 0 Å². The van der Waals surface area contributed by atoms with Crippen molar-refractivity contribution in [3.63, 3.8) is 0 Å². The third-order valence-corrected chi connectivity index (χ3v) is 3.74. The highest BCUT2D eigenvalue weighted by Crippen LogP contribution is 2.25. The first-order valence-corrected chi connectivity index (χ1v) is 6.84. The average Bonchev–Trinajstić information content (AvgIpc) is 2.29. The molecule has 1 aromatic carbocycles. The Morgan fingerprint density at radius 2 is 1.78 bits per heavy atom. The molecule has 1 aromatic rings. The zero-order valence-corrected chi connectivity index (χ0v) is 11.5. The maximum atomic E-state index is 14.0. The van der Waals surface area contributed by atoms with E-state index in [0.29, 0.717) is 12.1 Å². The fourth-order valence-corrected chi connectivity index (χ4v) is 2.71. The molecule has 1 saturated heterocycles. The van der Waals surface area contributed by atoms with Gasteiger partial charge in [-0.3, -0.25) is 0 Å². The molecule has 18 heavy (non-hydrogen) atoms. The molecule has 0 bridgehead atoms. The van der Waals surface area contributed by atoms with Crippen LogP contribution >= 0.6 is 0 Å². The fourth-order valence-electron chi connectivity index (χ4n) is 2.71. The van der Waals surface area contributed by atoms with Crippen molar-refractivity contribution in [1.82, 2.24) is 5.32 Å². The van der Waals surface area contributed by atoms with Crippen LogP contribution in [0, 0.1) is 12.7 Å². The van der Waals surface area contributed by atoms with Gasteiger partial charge in [0.05, 0.1) is 5.69 Å². The molecule has 3 heteroatoms. The standard InChI is InChI=1S/C15H23FN2/c1-11-5-4-6-14(16)15(11)18-9-7-12(2)17-13(3)8-10-18/h4-6,12-13,17H,7-10H2,1-3H3. The topological polar surface area (TPSA) is 15.3 Å². The maximum Gasteiger partial charge on any atom is 0.146 e. The molecule has 2 nitrogen and oxygen atoms in total. The lowest BCUT2D eigenvalue weighted by molar-refractivity contribution is 0.402. The first-order chi connectivity index (χ1) is 8.58. The Labute approximate surface area is 109 Å². The summed E-state index contributed by atoms with van der Waals surface area (Å²) in [6.07, 6.45) is 2.11. The molecule has 2 atom stereocenters. The Morgan fingerprint density at radius 3 is 2.33 bits per heavy atom. The van der Waals surface area contributed by atoms with Crippen LogP contribution in [0.15, 0.2) is 18.2 Å². The van der Waals surface area contributed by atoms with E-state index in [2.05, 4.69) is 24.1 Å². The minimum absolute atomic E-state index is 0.0937. The lowest BCUT2D eigenvalue weighted by atomic mass is 10.1. The van der Waals surface area contributed by atoms with Gasteiger partial charge in [-0.2, -0.15) is 0 Å². The summed E-state index contributed by atoms with van der Waals surface area (Å²) in [4.78, 5) is 2.21. The molecule has 2 unspecified atom stereocenters. The maximum absolute atomic E-state index is 14.0. The number of hydrogen-bond acceptors (Lipinski definition) is 2. The molecular weight excluding hydrogens is 227 g/mol. The van der Waals surface area contributed by atoms with Crippen LogP contribution in [0.2, 0.25) is 0 Å². The van der Waals surface area contributed by atoms with Gasteiger partial charge in [0.15, 0.2) is 0 Å². The van der Waals surface area contributed by atoms with Crippen molar-refractivity contribution in [2.75, 3.05) is 18.0 Å². The molecule has 0 amide bonds. The van der Waals surface area contributed by atoms with Crippen molar-refractivity contribution < 1.29 is 4.39 Å². The van der Waals surface area contributed by atoms with Crippen LogP contribution in [0.1, 0.15) is 32.3 Å². The highest BCUT2D eigenvalue weighted by molar-refractivity contribution is 5.54. The van der Waals surface area contributed by atoms with Crippen molar-refractivity contribution >= 4 is 5.69 Å². The number of rotatable bonds is 1.